The van der Waals surface area contributed by atoms with Gasteiger partial charge in [-0.2, -0.15) is 0 Å². The first-order valence-electron chi connectivity index (χ1n) is 5.44. The van der Waals surface area contributed by atoms with Gasteiger partial charge >= 0.3 is 5.97 Å². The average molecular weight is 234 g/mol. The summed E-state index contributed by atoms with van der Waals surface area (Å²) in [6.07, 6.45) is -0.698. The number of aliphatic carboxylic acids is 1. The van der Waals surface area contributed by atoms with Crippen molar-refractivity contribution in [2.75, 3.05) is 0 Å². The van der Waals surface area contributed by atoms with E-state index in [0.29, 0.717) is 12.4 Å². The molecular weight excluding hydrogens is 220 g/mol. The minimum absolute atomic E-state index is 0.0140. The molecule has 5 nitrogen and oxygen atoms in total. The van der Waals surface area contributed by atoms with E-state index >= 15 is 0 Å². The van der Waals surface area contributed by atoms with Gasteiger partial charge in [0.15, 0.2) is 0 Å². The summed E-state index contributed by atoms with van der Waals surface area (Å²) in [5.41, 5.74) is 1.62. The van der Waals surface area contributed by atoms with Gasteiger partial charge in [-0.3, -0.25) is 4.79 Å². The van der Waals surface area contributed by atoms with Crippen molar-refractivity contribution >= 4 is 17.0 Å². The third-order valence-electron chi connectivity index (χ3n) is 2.61. The van der Waals surface area contributed by atoms with Crippen LogP contribution in [0.5, 0.6) is 0 Å². The van der Waals surface area contributed by atoms with Gasteiger partial charge in [-0.25, -0.2) is 4.98 Å². The monoisotopic (exact) mass is 234 g/mol. The molecule has 1 aromatic heterocycles. The highest BCUT2D eigenvalue weighted by Crippen LogP contribution is 2.20. The van der Waals surface area contributed by atoms with E-state index < -0.39 is 12.1 Å². The SMILES string of the molecule is C[C@H](O)c1nc2ccccc2n1CCC(=O)O. The summed E-state index contributed by atoms with van der Waals surface area (Å²) >= 11 is 0. The fourth-order valence-corrected chi connectivity index (χ4v) is 1.86. The Morgan fingerprint density at radius 1 is 1.47 bits per heavy atom. The number of nitrogens with zero attached hydrogens (tertiary/aromatic N) is 2. The minimum Gasteiger partial charge on any atom is -0.481 e. The molecule has 17 heavy (non-hydrogen) atoms. The molecule has 0 unspecified atom stereocenters. The molecule has 0 radical (unpaired) electrons. The normalized spacial score (nSPS) is 12.8. The number of para-hydroxylation sites is 2. The summed E-state index contributed by atoms with van der Waals surface area (Å²) in [7, 11) is 0. The van der Waals surface area contributed by atoms with Crippen molar-refractivity contribution in [3.05, 3.63) is 30.1 Å². The maximum atomic E-state index is 10.6. The number of imidazole rings is 1. The number of aliphatic hydroxyl groups is 1. The van der Waals surface area contributed by atoms with Crippen molar-refractivity contribution in [3.8, 4) is 0 Å². The Hall–Kier alpha value is -1.88. The van der Waals surface area contributed by atoms with Crippen molar-refractivity contribution in [3.63, 3.8) is 0 Å². The molecule has 90 valence electrons. The number of rotatable bonds is 4. The Morgan fingerprint density at radius 2 is 2.18 bits per heavy atom. The third kappa shape index (κ3) is 2.29. The summed E-state index contributed by atoms with van der Waals surface area (Å²) in [6.45, 7) is 1.94. The number of aliphatic hydroxyl groups excluding tert-OH is 1. The molecule has 0 fully saturated rings. The van der Waals surface area contributed by atoms with Gasteiger partial charge in [-0.1, -0.05) is 12.1 Å². The maximum absolute atomic E-state index is 10.6. The number of aromatic nitrogens is 2. The predicted octanol–water partition coefficient (Wildman–Crippen LogP) is 1.56. The molecule has 0 aliphatic rings. The highest BCUT2D eigenvalue weighted by molar-refractivity contribution is 5.76. The molecule has 1 atom stereocenters. The third-order valence-corrected chi connectivity index (χ3v) is 2.61. The first-order valence-corrected chi connectivity index (χ1v) is 5.44. The first-order chi connectivity index (χ1) is 8.09. The summed E-state index contributed by atoms with van der Waals surface area (Å²) in [4.78, 5) is 14.9. The fourth-order valence-electron chi connectivity index (χ4n) is 1.86. The highest BCUT2D eigenvalue weighted by Gasteiger charge is 2.14. The van der Waals surface area contributed by atoms with Crippen LogP contribution in [0.3, 0.4) is 0 Å². The van der Waals surface area contributed by atoms with Gasteiger partial charge in [0.2, 0.25) is 0 Å². The number of benzene rings is 1. The van der Waals surface area contributed by atoms with E-state index in [2.05, 4.69) is 4.98 Å². The van der Waals surface area contributed by atoms with Gasteiger partial charge < -0.3 is 14.8 Å². The maximum Gasteiger partial charge on any atom is 0.305 e. The molecule has 2 N–H and O–H groups in total. The lowest BCUT2D eigenvalue weighted by molar-refractivity contribution is -0.137. The van der Waals surface area contributed by atoms with Crippen LogP contribution in [-0.4, -0.2) is 25.7 Å². The number of fused-ring (bicyclic) bond motifs is 1. The summed E-state index contributed by atoms with van der Waals surface area (Å²) < 4.78 is 1.76. The van der Waals surface area contributed by atoms with Crippen LogP contribution in [0.4, 0.5) is 0 Å². The van der Waals surface area contributed by atoms with E-state index in [1.807, 2.05) is 24.3 Å². The van der Waals surface area contributed by atoms with Gasteiger partial charge in [0, 0.05) is 6.54 Å². The highest BCUT2D eigenvalue weighted by atomic mass is 16.4. The van der Waals surface area contributed by atoms with Crippen molar-refractivity contribution < 1.29 is 15.0 Å². The molecular formula is C12H14N2O3. The molecule has 0 aliphatic heterocycles. The van der Waals surface area contributed by atoms with Gasteiger partial charge in [-0.15, -0.1) is 0 Å². The van der Waals surface area contributed by atoms with Crippen molar-refractivity contribution in [2.45, 2.75) is 26.0 Å². The number of carbonyl (C=O) groups is 1. The predicted molar refractivity (Wildman–Crippen MR) is 62.6 cm³/mol. The topological polar surface area (TPSA) is 75.4 Å². The molecule has 2 aromatic rings. The molecule has 0 spiro atoms. The Balaban J connectivity index is 2.48. The van der Waals surface area contributed by atoms with Gasteiger partial charge in [-0.05, 0) is 19.1 Å². The van der Waals surface area contributed by atoms with Crippen LogP contribution in [0.15, 0.2) is 24.3 Å². The van der Waals surface area contributed by atoms with Crippen LogP contribution in [-0.2, 0) is 11.3 Å². The smallest absolute Gasteiger partial charge is 0.305 e. The lowest BCUT2D eigenvalue weighted by Crippen LogP contribution is -2.10. The van der Waals surface area contributed by atoms with E-state index in [1.54, 1.807) is 11.5 Å². The number of hydrogen-bond acceptors (Lipinski definition) is 3. The van der Waals surface area contributed by atoms with Crippen molar-refractivity contribution in [1.29, 1.82) is 0 Å². The van der Waals surface area contributed by atoms with Crippen LogP contribution in [0.1, 0.15) is 25.3 Å². The average Bonchev–Trinajstić information content (AvgIpc) is 2.65. The Kier molecular flexibility index (Phi) is 3.10. The number of hydrogen-bond donors (Lipinski definition) is 2. The van der Waals surface area contributed by atoms with Crippen LogP contribution in [0.2, 0.25) is 0 Å². The zero-order valence-electron chi connectivity index (χ0n) is 9.50. The Labute approximate surface area is 98.3 Å². The second kappa shape index (κ2) is 4.55. The first kappa shape index (κ1) is 11.6. The number of carboxylic acid groups (broad SMARTS) is 1. The largest absolute Gasteiger partial charge is 0.481 e. The molecule has 1 heterocycles. The molecule has 0 bridgehead atoms. The van der Waals surface area contributed by atoms with Crippen molar-refractivity contribution in [1.82, 2.24) is 9.55 Å². The zero-order valence-corrected chi connectivity index (χ0v) is 9.50. The van der Waals surface area contributed by atoms with Crippen LogP contribution < -0.4 is 0 Å². The second-order valence-electron chi connectivity index (χ2n) is 3.93. The van der Waals surface area contributed by atoms with E-state index in [1.165, 1.54) is 0 Å². The molecule has 0 aliphatic carbocycles. The molecule has 0 saturated heterocycles. The Bertz CT molecular complexity index is 546. The van der Waals surface area contributed by atoms with Crippen LogP contribution in [0.25, 0.3) is 11.0 Å². The fraction of sp³-hybridized carbons (Fsp3) is 0.333. The molecule has 0 amide bonds. The van der Waals surface area contributed by atoms with E-state index in [0.717, 1.165) is 11.0 Å². The van der Waals surface area contributed by atoms with E-state index in [-0.39, 0.29) is 6.42 Å². The standard InChI is InChI=1S/C12H14N2O3/c1-8(15)12-13-9-4-2-3-5-10(9)14(12)7-6-11(16)17/h2-5,8,15H,6-7H2,1H3,(H,16,17)/t8-/m0/s1. The lowest BCUT2D eigenvalue weighted by atomic mass is 10.3. The van der Waals surface area contributed by atoms with Crippen LogP contribution >= 0.6 is 0 Å². The molecule has 2 rings (SSSR count). The van der Waals surface area contributed by atoms with Gasteiger partial charge in [0.25, 0.3) is 0 Å². The lowest BCUT2D eigenvalue weighted by Gasteiger charge is -2.09. The number of carboxylic acids is 1. The van der Waals surface area contributed by atoms with E-state index in [9.17, 15) is 9.90 Å². The summed E-state index contributed by atoms with van der Waals surface area (Å²) in [6, 6.07) is 7.45. The van der Waals surface area contributed by atoms with Gasteiger partial charge in [0.1, 0.15) is 11.9 Å². The van der Waals surface area contributed by atoms with Crippen LogP contribution in [0, 0.1) is 0 Å². The molecule has 1 aromatic carbocycles. The Morgan fingerprint density at radius 3 is 2.82 bits per heavy atom. The van der Waals surface area contributed by atoms with Gasteiger partial charge in [0.05, 0.1) is 17.5 Å². The summed E-state index contributed by atoms with van der Waals surface area (Å²) in [5, 5.41) is 18.4. The second-order valence-corrected chi connectivity index (χ2v) is 3.93. The molecule has 5 heteroatoms. The zero-order chi connectivity index (χ0) is 12.4. The summed E-state index contributed by atoms with van der Waals surface area (Å²) in [5.74, 6) is -0.355. The van der Waals surface area contributed by atoms with E-state index in [4.69, 9.17) is 5.11 Å². The molecule has 0 saturated carbocycles. The number of aryl methyl sites for hydroxylation is 1. The quantitative estimate of drug-likeness (QED) is 0.841. The minimum atomic E-state index is -0.862. The van der Waals surface area contributed by atoms with Crippen molar-refractivity contribution in [2.24, 2.45) is 0 Å².